The number of guanidine groups is 1. The number of carbonyl (C=O) groups excluding carboxylic acids is 1. The van der Waals surface area contributed by atoms with Gasteiger partial charge in [-0.1, -0.05) is 23.7 Å². The van der Waals surface area contributed by atoms with E-state index in [1.165, 1.54) is 4.90 Å². The summed E-state index contributed by atoms with van der Waals surface area (Å²) >= 11 is 5.95. The van der Waals surface area contributed by atoms with Crippen molar-refractivity contribution in [2.24, 2.45) is 10.9 Å². The maximum Gasteiger partial charge on any atom is 0.243 e. The smallest absolute Gasteiger partial charge is 0.243 e. The lowest BCUT2D eigenvalue weighted by molar-refractivity contribution is -0.127. The number of carbonyl (C=O) groups is 1. The van der Waals surface area contributed by atoms with Crippen molar-refractivity contribution in [3.05, 3.63) is 34.9 Å². The summed E-state index contributed by atoms with van der Waals surface area (Å²) in [5.41, 5.74) is 1.10. The Labute approximate surface area is 154 Å². The number of ether oxygens (including phenoxy) is 1. The maximum absolute atomic E-state index is 11.8. The van der Waals surface area contributed by atoms with E-state index in [0.717, 1.165) is 31.7 Å². The van der Waals surface area contributed by atoms with Gasteiger partial charge in [0.25, 0.3) is 0 Å². The minimum absolute atomic E-state index is 0.0376. The van der Waals surface area contributed by atoms with E-state index in [2.05, 4.69) is 15.6 Å². The fourth-order valence-electron chi connectivity index (χ4n) is 2.47. The second-order valence-electron chi connectivity index (χ2n) is 6.48. The third-order valence-corrected chi connectivity index (χ3v) is 4.43. The van der Waals surface area contributed by atoms with Gasteiger partial charge >= 0.3 is 0 Å². The second-order valence-corrected chi connectivity index (χ2v) is 6.92. The lowest BCUT2D eigenvalue weighted by atomic mass is 10.1. The molecule has 0 radical (unpaired) electrons. The first-order valence-corrected chi connectivity index (χ1v) is 8.91. The number of hydrogen-bond donors (Lipinski definition) is 2. The minimum Gasteiger partial charge on any atom is -0.381 e. The predicted octanol–water partition coefficient (Wildman–Crippen LogP) is 2.06. The zero-order chi connectivity index (χ0) is 18.2. The number of nitrogens with one attached hydrogen (secondary N) is 2. The average molecular weight is 367 g/mol. The zero-order valence-electron chi connectivity index (χ0n) is 15.1. The molecule has 0 bridgehead atoms. The predicted molar refractivity (Wildman–Crippen MR) is 101 cm³/mol. The van der Waals surface area contributed by atoms with Crippen LogP contribution in [-0.2, 0) is 9.53 Å². The van der Waals surface area contributed by atoms with Crippen molar-refractivity contribution in [3.8, 4) is 0 Å². The summed E-state index contributed by atoms with van der Waals surface area (Å²) in [5, 5.41) is 7.39. The molecule has 1 aromatic carbocycles. The molecule has 138 valence electrons. The summed E-state index contributed by atoms with van der Waals surface area (Å²) in [6, 6.07) is 7.73. The standard InChI is InChI=1S/C18H27ClN4O2/c1-13(15-4-6-16(19)7-5-15)22-18(21-11-17(24)23(2)3)20-10-14-8-9-25-12-14/h4-7,13-14H,8-12H2,1-3H3,(H2,20,21,22). The quantitative estimate of drug-likeness (QED) is 0.597. The average Bonchev–Trinajstić information content (AvgIpc) is 3.10. The molecule has 2 unspecified atom stereocenters. The Bertz CT molecular complexity index is 583. The SMILES string of the molecule is CC(NC(=NCC(=O)N(C)C)NCC1CCOC1)c1ccc(Cl)cc1. The van der Waals surface area contributed by atoms with Gasteiger partial charge in [0.05, 0.1) is 12.6 Å². The van der Waals surface area contributed by atoms with Gasteiger partial charge in [0, 0.05) is 38.2 Å². The number of rotatable bonds is 6. The third-order valence-electron chi connectivity index (χ3n) is 4.18. The largest absolute Gasteiger partial charge is 0.381 e. The lowest BCUT2D eigenvalue weighted by Gasteiger charge is -2.20. The number of likely N-dealkylation sites (N-methyl/N-ethyl adjacent to an activating group) is 1. The van der Waals surface area contributed by atoms with Crippen LogP contribution in [0.25, 0.3) is 0 Å². The van der Waals surface area contributed by atoms with E-state index in [9.17, 15) is 4.79 Å². The molecule has 1 amide bonds. The molecule has 1 fully saturated rings. The molecule has 0 aromatic heterocycles. The second kappa shape index (κ2) is 9.63. The number of hydrogen-bond acceptors (Lipinski definition) is 3. The molecular formula is C18H27ClN4O2. The molecule has 0 saturated carbocycles. The Kier molecular flexibility index (Phi) is 7.52. The van der Waals surface area contributed by atoms with Crippen LogP contribution >= 0.6 is 11.6 Å². The van der Waals surface area contributed by atoms with Crippen LogP contribution in [0.2, 0.25) is 5.02 Å². The summed E-state index contributed by atoms with van der Waals surface area (Å²) in [7, 11) is 3.45. The topological polar surface area (TPSA) is 66.0 Å². The van der Waals surface area contributed by atoms with Crippen LogP contribution in [0.3, 0.4) is 0 Å². The lowest BCUT2D eigenvalue weighted by Crippen LogP contribution is -2.42. The minimum atomic E-state index is -0.0376. The van der Waals surface area contributed by atoms with Gasteiger partial charge in [-0.25, -0.2) is 4.99 Å². The van der Waals surface area contributed by atoms with Gasteiger partial charge in [0.1, 0.15) is 6.54 Å². The highest BCUT2D eigenvalue weighted by Gasteiger charge is 2.17. The molecule has 2 rings (SSSR count). The maximum atomic E-state index is 11.8. The van der Waals surface area contributed by atoms with Crippen LogP contribution in [0, 0.1) is 5.92 Å². The van der Waals surface area contributed by atoms with E-state index >= 15 is 0 Å². The van der Waals surface area contributed by atoms with Gasteiger partial charge in [-0.3, -0.25) is 4.79 Å². The fourth-order valence-corrected chi connectivity index (χ4v) is 2.59. The van der Waals surface area contributed by atoms with Crippen LogP contribution in [0.15, 0.2) is 29.3 Å². The Morgan fingerprint density at radius 1 is 1.40 bits per heavy atom. The molecule has 0 spiro atoms. The van der Waals surface area contributed by atoms with Gasteiger partial charge in [0.15, 0.2) is 5.96 Å². The van der Waals surface area contributed by atoms with Gasteiger partial charge in [-0.05, 0) is 31.0 Å². The molecule has 1 saturated heterocycles. The Balaban J connectivity index is 1.99. The molecule has 1 aliphatic heterocycles. The first-order chi connectivity index (χ1) is 12.0. The van der Waals surface area contributed by atoms with E-state index in [-0.39, 0.29) is 18.5 Å². The summed E-state index contributed by atoms with van der Waals surface area (Å²) in [5.74, 6) is 1.07. The summed E-state index contributed by atoms with van der Waals surface area (Å²) in [4.78, 5) is 17.8. The highest BCUT2D eigenvalue weighted by molar-refractivity contribution is 6.30. The number of halogens is 1. The fraction of sp³-hybridized carbons (Fsp3) is 0.556. The molecule has 2 atom stereocenters. The van der Waals surface area contributed by atoms with Gasteiger partial charge in [-0.15, -0.1) is 0 Å². The van der Waals surface area contributed by atoms with Gasteiger partial charge in [-0.2, -0.15) is 0 Å². The highest BCUT2D eigenvalue weighted by Crippen LogP contribution is 2.16. The highest BCUT2D eigenvalue weighted by atomic mass is 35.5. The molecule has 7 heteroatoms. The normalized spacial score (nSPS) is 18.7. The first-order valence-electron chi connectivity index (χ1n) is 8.54. The van der Waals surface area contributed by atoms with E-state index < -0.39 is 0 Å². The van der Waals surface area contributed by atoms with Crippen molar-refractivity contribution in [2.45, 2.75) is 19.4 Å². The summed E-state index contributed by atoms with van der Waals surface area (Å²) in [6.07, 6.45) is 1.05. The molecule has 1 heterocycles. The van der Waals surface area contributed by atoms with Crippen LogP contribution < -0.4 is 10.6 Å². The molecule has 1 aromatic rings. The third kappa shape index (κ3) is 6.55. The van der Waals surface area contributed by atoms with Crippen molar-refractivity contribution >= 4 is 23.5 Å². The molecule has 6 nitrogen and oxygen atoms in total. The van der Waals surface area contributed by atoms with Crippen molar-refractivity contribution in [3.63, 3.8) is 0 Å². The van der Waals surface area contributed by atoms with Crippen LogP contribution in [-0.4, -0.2) is 57.2 Å². The Morgan fingerprint density at radius 2 is 2.12 bits per heavy atom. The molecular weight excluding hydrogens is 340 g/mol. The summed E-state index contributed by atoms with van der Waals surface area (Å²) in [6.45, 7) is 4.51. The van der Waals surface area contributed by atoms with Crippen molar-refractivity contribution in [1.82, 2.24) is 15.5 Å². The van der Waals surface area contributed by atoms with E-state index in [1.807, 2.05) is 31.2 Å². The molecule has 2 N–H and O–H groups in total. The summed E-state index contributed by atoms with van der Waals surface area (Å²) < 4.78 is 5.41. The van der Waals surface area contributed by atoms with Crippen molar-refractivity contribution in [2.75, 3.05) is 40.4 Å². The Hall–Kier alpha value is -1.79. The number of aliphatic imine (C=N–C) groups is 1. The van der Waals surface area contributed by atoms with Crippen LogP contribution in [0.4, 0.5) is 0 Å². The van der Waals surface area contributed by atoms with E-state index in [0.29, 0.717) is 16.9 Å². The molecule has 0 aliphatic carbocycles. The van der Waals surface area contributed by atoms with Gasteiger partial charge in [0.2, 0.25) is 5.91 Å². The monoisotopic (exact) mass is 366 g/mol. The van der Waals surface area contributed by atoms with E-state index in [4.69, 9.17) is 16.3 Å². The zero-order valence-corrected chi connectivity index (χ0v) is 15.8. The van der Waals surface area contributed by atoms with Crippen LogP contribution in [0.5, 0.6) is 0 Å². The van der Waals surface area contributed by atoms with Crippen molar-refractivity contribution in [1.29, 1.82) is 0 Å². The number of amides is 1. The molecule has 25 heavy (non-hydrogen) atoms. The Morgan fingerprint density at radius 3 is 2.72 bits per heavy atom. The first kappa shape index (κ1) is 19.5. The van der Waals surface area contributed by atoms with Gasteiger partial charge < -0.3 is 20.3 Å². The van der Waals surface area contributed by atoms with E-state index in [1.54, 1.807) is 14.1 Å². The number of nitrogens with zero attached hydrogens (tertiary/aromatic N) is 2. The van der Waals surface area contributed by atoms with Crippen LogP contribution in [0.1, 0.15) is 24.9 Å². The number of benzene rings is 1. The van der Waals surface area contributed by atoms with Crippen molar-refractivity contribution < 1.29 is 9.53 Å². The molecule has 1 aliphatic rings.